The second-order valence-corrected chi connectivity index (χ2v) is 11.0. The first-order chi connectivity index (χ1) is 15.4. The fraction of sp³-hybridized carbons (Fsp3) is 0.250. The maximum atomic E-state index is 13.5. The number of rotatable bonds is 3. The molecular weight excluding hydrogens is 460 g/mol. The lowest BCUT2D eigenvalue weighted by molar-refractivity contribution is -0.118. The highest BCUT2D eigenvalue weighted by Gasteiger charge is 2.45. The Kier molecular flexibility index (Phi) is 5.61. The van der Waals surface area contributed by atoms with Crippen molar-refractivity contribution in [2.45, 2.75) is 37.5 Å². The van der Waals surface area contributed by atoms with Gasteiger partial charge in [0.1, 0.15) is 5.82 Å². The topological polar surface area (TPSA) is 130 Å². The van der Waals surface area contributed by atoms with Gasteiger partial charge in [-0.1, -0.05) is 43.6 Å². The van der Waals surface area contributed by atoms with Crippen LogP contribution in [0.5, 0.6) is 0 Å². The zero-order valence-corrected chi connectivity index (χ0v) is 19.7. The van der Waals surface area contributed by atoms with Crippen molar-refractivity contribution >= 4 is 33.1 Å². The zero-order chi connectivity index (χ0) is 24.1. The van der Waals surface area contributed by atoms with Crippen LogP contribution < -0.4 is 15.8 Å². The summed E-state index contributed by atoms with van der Waals surface area (Å²) in [7, 11) is -3.87. The molecule has 33 heavy (non-hydrogen) atoms. The van der Waals surface area contributed by atoms with Gasteiger partial charge in [0.05, 0.1) is 22.5 Å². The van der Waals surface area contributed by atoms with E-state index in [9.17, 15) is 18.5 Å². The fourth-order valence-electron chi connectivity index (χ4n) is 4.61. The van der Waals surface area contributed by atoms with Crippen molar-refractivity contribution in [1.29, 1.82) is 5.26 Å². The Morgan fingerprint density at radius 2 is 1.76 bits per heavy atom. The molecule has 1 heterocycles. The molecule has 0 saturated carbocycles. The zero-order valence-electron chi connectivity index (χ0n) is 18.2. The van der Waals surface area contributed by atoms with E-state index >= 15 is 0 Å². The number of anilines is 1. The largest absolute Gasteiger partial charge is 0.384 e. The molecular formula is C24H23ClN4O3S. The monoisotopic (exact) mass is 482 g/mol. The average Bonchev–Trinajstić information content (AvgIpc) is 2.72. The molecule has 7 nitrogen and oxygen atoms in total. The first-order valence-corrected chi connectivity index (χ1v) is 12.2. The number of allylic oxidation sites excluding steroid dienone is 3. The Morgan fingerprint density at radius 1 is 1.12 bits per heavy atom. The number of benzene rings is 2. The van der Waals surface area contributed by atoms with Gasteiger partial charge in [0.15, 0.2) is 5.78 Å². The lowest BCUT2D eigenvalue weighted by atomic mass is 9.68. The molecule has 0 spiro atoms. The van der Waals surface area contributed by atoms with Crippen LogP contribution in [0, 0.1) is 16.7 Å². The van der Waals surface area contributed by atoms with Gasteiger partial charge >= 0.3 is 0 Å². The van der Waals surface area contributed by atoms with Crippen molar-refractivity contribution < 1.29 is 13.2 Å². The maximum Gasteiger partial charge on any atom is 0.238 e. The summed E-state index contributed by atoms with van der Waals surface area (Å²) < 4.78 is 23.4. The molecule has 1 atom stereocenters. The molecule has 1 aliphatic heterocycles. The Hall–Kier alpha value is -3.12. The number of halogens is 1. The standard InChI is InChI=1S/C24H23ClN4O3S/c1-24(2)11-19-22(20(30)12-24)21(16-5-3-4-6-18(16)25)17(13-26)23(27)29(19)14-7-9-15(10-8-14)33(28,31)32/h3-10,21H,11-12,27H2,1-2H3,(H2,28,31,32)/t21-/m1/s1. The molecule has 4 N–H and O–H groups in total. The van der Waals surface area contributed by atoms with Crippen LogP contribution in [-0.2, 0) is 14.8 Å². The molecule has 0 aromatic heterocycles. The van der Waals surface area contributed by atoms with Gasteiger partial charge in [-0.15, -0.1) is 0 Å². The highest BCUT2D eigenvalue weighted by atomic mass is 35.5. The van der Waals surface area contributed by atoms with Crippen LogP contribution in [0.2, 0.25) is 5.02 Å². The number of hydrogen-bond acceptors (Lipinski definition) is 6. The highest BCUT2D eigenvalue weighted by molar-refractivity contribution is 7.89. The predicted molar refractivity (Wildman–Crippen MR) is 126 cm³/mol. The summed E-state index contributed by atoms with van der Waals surface area (Å²) in [5.41, 5.74) is 8.79. The van der Waals surface area contributed by atoms with Crippen molar-refractivity contribution in [3.05, 3.63) is 81.8 Å². The van der Waals surface area contributed by atoms with E-state index < -0.39 is 15.9 Å². The third kappa shape index (κ3) is 4.04. The molecule has 0 fully saturated rings. The Labute approximate surface area is 198 Å². The first-order valence-electron chi connectivity index (χ1n) is 10.3. The van der Waals surface area contributed by atoms with E-state index in [1.807, 2.05) is 19.9 Å². The van der Waals surface area contributed by atoms with Crippen LogP contribution in [0.25, 0.3) is 0 Å². The van der Waals surface area contributed by atoms with Gasteiger partial charge in [0.2, 0.25) is 10.0 Å². The van der Waals surface area contributed by atoms with Crippen molar-refractivity contribution in [1.82, 2.24) is 0 Å². The molecule has 1 aliphatic carbocycles. The molecule has 2 aromatic rings. The van der Waals surface area contributed by atoms with E-state index in [-0.39, 0.29) is 27.5 Å². The Morgan fingerprint density at radius 3 is 2.33 bits per heavy atom. The minimum Gasteiger partial charge on any atom is -0.384 e. The quantitative estimate of drug-likeness (QED) is 0.681. The number of carbonyl (C=O) groups excluding carboxylic acids is 1. The van der Waals surface area contributed by atoms with Crippen molar-refractivity contribution in [2.75, 3.05) is 4.90 Å². The number of ketones is 1. The summed E-state index contributed by atoms with van der Waals surface area (Å²) in [4.78, 5) is 15.1. The van der Waals surface area contributed by atoms with Crippen LogP contribution in [-0.4, -0.2) is 14.2 Å². The summed E-state index contributed by atoms with van der Waals surface area (Å²) in [6, 6.07) is 15.2. The molecule has 2 aromatic carbocycles. The van der Waals surface area contributed by atoms with E-state index in [1.54, 1.807) is 35.2 Å². The molecule has 0 bridgehead atoms. The SMILES string of the molecule is CC1(C)CC(=O)C2=C(C1)N(c1ccc(S(N)(=O)=O)cc1)C(N)=C(C#N)[C@H]2c1ccccc1Cl. The van der Waals surface area contributed by atoms with Gasteiger partial charge < -0.3 is 5.73 Å². The van der Waals surface area contributed by atoms with Gasteiger partial charge in [0, 0.05) is 28.4 Å². The van der Waals surface area contributed by atoms with Gasteiger partial charge in [-0.2, -0.15) is 5.26 Å². The second-order valence-electron chi connectivity index (χ2n) is 9.04. The molecule has 170 valence electrons. The highest BCUT2D eigenvalue weighted by Crippen LogP contribution is 2.51. The van der Waals surface area contributed by atoms with E-state index in [0.717, 1.165) is 0 Å². The molecule has 0 unspecified atom stereocenters. The summed E-state index contributed by atoms with van der Waals surface area (Å²) in [6.45, 7) is 4.00. The molecule has 9 heteroatoms. The van der Waals surface area contributed by atoms with Crippen LogP contribution >= 0.6 is 11.6 Å². The normalized spacial score (nSPS) is 20.5. The summed E-state index contributed by atoms with van der Waals surface area (Å²) in [5, 5.41) is 15.8. The second kappa shape index (κ2) is 8.03. The molecule has 4 rings (SSSR count). The Balaban J connectivity index is 1.98. The van der Waals surface area contributed by atoms with Gasteiger partial charge in [-0.25, -0.2) is 13.6 Å². The molecule has 0 radical (unpaired) electrons. The number of carbonyl (C=O) groups is 1. The number of Topliss-reactive ketones (excluding diaryl/α,β-unsaturated/α-hetero) is 1. The third-order valence-electron chi connectivity index (χ3n) is 6.02. The summed E-state index contributed by atoms with van der Waals surface area (Å²) in [6.07, 6.45) is 0.856. The van der Waals surface area contributed by atoms with Crippen LogP contribution in [0.3, 0.4) is 0 Å². The van der Waals surface area contributed by atoms with E-state index in [1.165, 1.54) is 12.1 Å². The van der Waals surface area contributed by atoms with Crippen LogP contribution in [0.1, 0.15) is 38.2 Å². The number of sulfonamides is 1. The number of nitrogens with two attached hydrogens (primary N) is 2. The number of hydrogen-bond donors (Lipinski definition) is 2. The van der Waals surface area contributed by atoms with Gasteiger partial charge in [-0.05, 0) is 47.7 Å². The summed E-state index contributed by atoms with van der Waals surface area (Å²) in [5.74, 6) is -0.574. The summed E-state index contributed by atoms with van der Waals surface area (Å²) >= 11 is 6.49. The predicted octanol–water partition coefficient (Wildman–Crippen LogP) is 3.93. The van der Waals surface area contributed by atoms with Gasteiger partial charge in [0.25, 0.3) is 0 Å². The fourth-order valence-corrected chi connectivity index (χ4v) is 5.37. The molecule has 0 amide bonds. The Bertz CT molecular complexity index is 1370. The van der Waals surface area contributed by atoms with Crippen molar-refractivity contribution in [3.63, 3.8) is 0 Å². The lowest BCUT2D eigenvalue weighted by Crippen LogP contribution is -2.42. The molecule has 0 saturated heterocycles. The first kappa shape index (κ1) is 23.1. The van der Waals surface area contributed by atoms with E-state index in [4.69, 9.17) is 22.5 Å². The van der Waals surface area contributed by atoms with Crippen LogP contribution in [0.4, 0.5) is 5.69 Å². The third-order valence-corrected chi connectivity index (χ3v) is 7.29. The molecule has 2 aliphatic rings. The maximum absolute atomic E-state index is 13.5. The van der Waals surface area contributed by atoms with E-state index in [0.29, 0.717) is 40.4 Å². The number of nitrogens with zero attached hydrogens (tertiary/aromatic N) is 2. The van der Waals surface area contributed by atoms with Crippen molar-refractivity contribution in [3.8, 4) is 6.07 Å². The smallest absolute Gasteiger partial charge is 0.238 e. The number of primary sulfonamides is 1. The van der Waals surface area contributed by atoms with E-state index in [2.05, 4.69) is 6.07 Å². The van der Waals surface area contributed by atoms with Gasteiger partial charge in [-0.3, -0.25) is 9.69 Å². The number of nitriles is 1. The lowest BCUT2D eigenvalue weighted by Gasteiger charge is -2.44. The minimum absolute atomic E-state index is 0.0467. The van der Waals surface area contributed by atoms with Crippen LogP contribution in [0.15, 0.2) is 76.1 Å². The van der Waals surface area contributed by atoms with Crippen molar-refractivity contribution in [2.24, 2.45) is 16.3 Å². The minimum atomic E-state index is -3.87. The average molecular weight is 483 g/mol.